The number of nitrogens with zero attached hydrogens (tertiary/aromatic N) is 3. The van der Waals surface area contributed by atoms with Gasteiger partial charge in [-0.3, -0.25) is 0 Å². The van der Waals surface area contributed by atoms with Crippen molar-refractivity contribution in [3.05, 3.63) is 28.0 Å². The van der Waals surface area contributed by atoms with Crippen molar-refractivity contribution in [3.8, 4) is 0 Å². The highest BCUT2D eigenvalue weighted by molar-refractivity contribution is 9.10. The van der Waals surface area contributed by atoms with Gasteiger partial charge in [-0.05, 0) is 29.8 Å². The van der Waals surface area contributed by atoms with Crippen LogP contribution in [0.3, 0.4) is 0 Å². The summed E-state index contributed by atoms with van der Waals surface area (Å²) in [4.78, 5) is 3.99. The minimum absolute atomic E-state index is 0.171. The van der Waals surface area contributed by atoms with Crippen molar-refractivity contribution < 1.29 is 0 Å². The largest absolute Gasteiger partial charge is 0.243 e. The standard InChI is InChI=1S/C7H3BrClN3/c8-4-1-2-5-6(3-4)11-12-7(9)10-5/h1-3H. The molecular weight excluding hydrogens is 241 g/mol. The summed E-state index contributed by atoms with van der Waals surface area (Å²) in [6.07, 6.45) is 0. The monoisotopic (exact) mass is 243 g/mol. The maximum absolute atomic E-state index is 5.56. The highest BCUT2D eigenvalue weighted by Crippen LogP contribution is 2.16. The van der Waals surface area contributed by atoms with E-state index in [2.05, 4.69) is 31.1 Å². The first-order chi connectivity index (χ1) is 5.75. The van der Waals surface area contributed by atoms with Crippen LogP contribution in [0, 0.1) is 0 Å². The molecule has 0 unspecified atom stereocenters. The molecule has 1 heterocycles. The lowest BCUT2D eigenvalue weighted by atomic mass is 10.3. The van der Waals surface area contributed by atoms with Crippen molar-refractivity contribution in [1.82, 2.24) is 15.2 Å². The minimum atomic E-state index is 0.171. The SMILES string of the molecule is Clc1nnc2cc(Br)ccc2n1. The molecule has 0 radical (unpaired) electrons. The van der Waals surface area contributed by atoms with Crippen LogP contribution in [-0.2, 0) is 0 Å². The number of hydrogen-bond donors (Lipinski definition) is 0. The molecule has 5 heteroatoms. The Morgan fingerprint density at radius 2 is 2.00 bits per heavy atom. The summed E-state index contributed by atoms with van der Waals surface area (Å²) in [6, 6.07) is 5.55. The van der Waals surface area contributed by atoms with Gasteiger partial charge in [-0.15, -0.1) is 10.2 Å². The predicted octanol–water partition coefficient (Wildman–Crippen LogP) is 2.44. The summed E-state index contributed by atoms with van der Waals surface area (Å²) >= 11 is 8.88. The number of aromatic nitrogens is 3. The molecule has 3 nitrogen and oxygen atoms in total. The molecule has 0 aliphatic carbocycles. The van der Waals surface area contributed by atoms with E-state index in [1.54, 1.807) is 0 Å². The summed E-state index contributed by atoms with van der Waals surface area (Å²) in [5, 5.41) is 7.67. The van der Waals surface area contributed by atoms with Gasteiger partial charge in [-0.2, -0.15) is 0 Å². The molecule has 60 valence electrons. The highest BCUT2D eigenvalue weighted by atomic mass is 79.9. The third kappa shape index (κ3) is 1.40. The zero-order chi connectivity index (χ0) is 8.55. The second-order valence-corrected chi connectivity index (χ2v) is 3.47. The number of halogens is 2. The van der Waals surface area contributed by atoms with E-state index >= 15 is 0 Å². The van der Waals surface area contributed by atoms with Crippen molar-refractivity contribution in [3.63, 3.8) is 0 Å². The first-order valence-corrected chi connectivity index (χ1v) is 4.38. The van der Waals surface area contributed by atoms with Crippen molar-refractivity contribution >= 4 is 38.6 Å². The highest BCUT2D eigenvalue weighted by Gasteiger charge is 1.98. The first kappa shape index (κ1) is 7.89. The average Bonchev–Trinajstić information content (AvgIpc) is 2.05. The normalized spacial score (nSPS) is 10.5. The summed E-state index contributed by atoms with van der Waals surface area (Å²) in [5.41, 5.74) is 1.48. The van der Waals surface area contributed by atoms with E-state index in [0.717, 1.165) is 15.5 Å². The van der Waals surface area contributed by atoms with E-state index in [9.17, 15) is 0 Å². The molecule has 0 N–H and O–H groups in total. The van der Waals surface area contributed by atoms with Gasteiger partial charge in [0, 0.05) is 4.47 Å². The first-order valence-electron chi connectivity index (χ1n) is 3.21. The minimum Gasteiger partial charge on any atom is -0.215 e. The average molecular weight is 244 g/mol. The maximum atomic E-state index is 5.56. The molecule has 0 atom stereocenters. The van der Waals surface area contributed by atoms with Gasteiger partial charge >= 0.3 is 0 Å². The number of hydrogen-bond acceptors (Lipinski definition) is 3. The van der Waals surface area contributed by atoms with Gasteiger partial charge < -0.3 is 0 Å². The Bertz CT molecular complexity index is 391. The summed E-state index contributed by atoms with van der Waals surface area (Å²) in [5.74, 6) is 0. The molecule has 0 fully saturated rings. The molecule has 0 bridgehead atoms. The van der Waals surface area contributed by atoms with Gasteiger partial charge in [-0.1, -0.05) is 15.9 Å². The van der Waals surface area contributed by atoms with Crippen LogP contribution >= 0.6 is 27.5 Å². The predicted molar refractivity (Wildman–Crippen MR) is 50.0 cm³/mol. The van der Waals surface area contributed by atoms with Crippen LogP contribution in [0.5, 0.6) is 0 Å². The van der Waals surface area contributed by atoms with Crippen LogP contribution in [0.15, 0.2) is 22.7 Å². The van der Waals surface area contributed by atoms with Crippen LogP contribution in [0.4, 0.5) is 0 Å². The summed E-state index contributed by atoms with van der Waals surface area (Å²) in [6.45, 7) is 0. The van der Waals surface area contributed by atoms with E-state index < -0.39 is 0 Å². The van der Waals surface area contributed by atoms with E-state index in [4.69, 9.17) is 11.6 Å². The number of rotatable bonds is 0. The van der Waals surface area contributed by atoms with Gasteiger partial charge in [-0.25, -0.2) is 4.98 Å². The smallest absolute Gasteiger partial charge is 0.215 e. The summed E-state index contributed by atoms with van der Waals surface area (Å²) < 4.78 is 0.952. The third-order valence-corrected chi connectivity index (χ3v) is 2.04. The molecule has 1 aromatic carbocycles. The lowest BCUT2D eigenvalue weighted by Crippen LogP contribution is -1.88. The van der Waals surface area contributed by atoms with Gasteiger partial charge in [0.15, 0.2) is 0 Å². The van der Waals surface area contributed by atoms with Crippen molar-refractivity contribution in [2.24, 2.45) is 0 Å². The number of fused-ring (bicyclic) bond motifs is 1. The molecule has 12 heavy (non-hydrogen) atoms. The molecule has 2 rings (SSSR count). The molecule has 0 aliphatic rings. The van der Waals surface area contributed by atoms with Crippen LogP contribution in [0.25, 0.3) is 11.0 Å². The van der Waals surface area contributed by atoms with Crippen LogP contribution in [0.2, 0.25) is 5.28 Å². The lowest BCUT2D eigenvalue weighted by molar-refractivity contribution is 1.02. The second-order valence-electron chi connectivity index (χ2n) is 2.21. The Kier molecular flexibility index (Phi) is 1.94. The van der Waals surface area contributed by atoms with Crippen molar-refractivity contribution in [1.29, 1.82) is 0 Å². The third-order valence-electron chi connectivity index (χ3n) is 1.39. The van der Waals surface area contributed by atoms with Gasteiger partial charge in [0.25, 0.3) is 0 Å². The van der Waals surface area contributed by atoms with Crippen molar-refractivity contribution in [2.75, 3.05) is 0 Å². The molecule has 0 spiro atoms. The zero-order valence-corrected chi connectivity index (χ0v) is 8.17. The Balaban J connectivity index is 2.79. The molecule has 1 aromatic heterocycles. The Morgan fingerprint density at radius 1 is 1.17 bits per heavy atom. The van der Waals surface area contributed by atoms with E-state index in [-0.39, 0.29) is 5.28 Å². The maximum Gasteiger partial charge on any atom is 0.243 e. The van der Waals surface area contributed by atoms with Gasteiger partial charge in [0.1, 0.15) is 5.52 Å². The van der Waals surface area contributed by atoms with Gasteiger partial charge in [0.05, 0.1) is 5.52 Å². The molecule has 2 aromatic rings. The fourth-order valence-corrected chi connectivity index (χ4v) is 1.37. The van der Waals surface area contributed by atoms with Crippen LogP contribution in [-0.4, -0.2) is 15.2 Å². The number of benzene rings is 1. The topological polar surface area (TPSA) is 38.7 Å². The van der Waals surface area contributed by atoms with Crippen LogP contribution in [0.1, 0.15) is 0 Å². The Labute approximate surface area is 81.9 Å². The van der Waals surface area contributed by atoms with Crippen molar-refractivity contribution in [2.45, 2.75) is 0 Å². The molecule has 0 amide bonds. The molecule has 0 saturated heterocycles. The Hall–Kier alpha value is -0.740. The molecule has 0 aliphatic heterocycles. The fourth-order valence-electron chi connectivity index (χ4n) is 0.888. The summed E-state index contributed by atoms with van der Waals surface area (Å²) in [7, 11) is 0. The van der Waals surface area contributed by atoms with Gasteiger partial charge in [0.2, 0.25) is 5.28 Å². The molecule has 0 saturated carbocycles. The quantitative estimate of drug-likeness (QED) is 0.714. The fraction of sp³-hybridized carbons (Fsp3) is 0. The van der Waals surface area contributed by atoms with E-state index in [0.29, 0.717) is 0 Å². The lowest BCUT2D eigenvalue weighted by Gasteiger charge is -1.95. The molecular formula is C7H3BrClN3. The van der Waals surface area contributed by atoms with Crippen LogP contribution < -0.4 is 0 Å². The Morgan fingerprint density at radius 3 is 2.83 bits per heavy atom. The van der Waals surface area contributed by atoms with E-state index in [1.807, 2.05) is 18.2 Å². The zero-order valence-electron chi connectivity index (χ0n) is 5.83. The van der Waals surface area contributed by atoms with E-state index in [1.165, 1.54) is 0 Å². The second kappa shape index (κ2) is 2.95.